The molecule has 1 aliphatic heterocycles. The molecule has 0 amide bonds. The molecule has 23 heavy (non-hydrogen) atoms. The summed E-state index contributed by atoms with van der Waals surface area (Å²) in [6.45, 7) is 2.01. The summed E-state index contributed by atoms with van der Waals surface area (Å²) < 4.78 is 39.6. The van der Waals surface area contributed by atoms with Crippen LogP contribution in [-0.2, 0) is 13.2 Å². The van der Waals surface area contributed by atoms with Crippen molar-refractivity contribution in [3.63, 3.8) is 0 Å². The molecule has 1 aromatic heterocycles. The molecule has 3 rings (SSSR count). The summed E-state index contributed by atoms with van der Waals surface area (Å²) in [6, 6.07) is 5.41. The molecule has 0 saturated heterocycles. The van der Waals surface area contributed by atoms with E-state index >= 15 is 0 Å². The van der Waals surface area contributed by atoms with Gasteiger partial charge in [0.05, 0.1) is 17.3 Å². The van der Waals surface area contributed by atoms with Crippen molar-refractivity contribution in [2.24, 2.45) is 7.05 Å². The van der Waals surface area contributed by atoms with Crippen molar-refractivity contribution in [1.82, 2.24) is 20.3 Å². The Kier molecular flexibility index (Phi) is 3.97. The molecule has 4 nitrogen and oxygen atoms in total. The first-order valence-electron chi connectivity index (χ1n) is 7.33. The largest absolute Gasteiger partial charge is 0.416 e. The summed E-state index contributed by atoms with van der Waals surface area (Å²) in [5.74, 6) is 0. The van der Waals surface area contributed by atoms with Gasteiger partial charge in [0.25, 0.3) is 0 Å². The summed E-state index contributed by atoms with van der Waals surface area (Å²) in [4.78, 5) is 0. The number of aryl methyl sites for hydroxylation is 1. The maximum Gasteiger partial charge on any atom is 0.416 e. The van der Waals surface area contributed by atoms with Crippen molar-refractivity contribution in [1.29, 1.82) is 0 Å². The van der Waals surface area contributed by atoms with Gasteiger partial charge >= 0.3 is 6.18 Å². The fraction of sp³-hybridized carbons (Fsp3) is 0.375. The van der Waals surface area contributed by atoms with Gasteiger partial charge in [-0.25, -0.2) is 0 Å². The second-order valence-electron chi connectivity index (χ2n) is 5.80. The molecule has 2 atom stereocenters. The monoisotopic (exact) mass is 322 g/mol. The van der Waals surface area contributed by atoms with Gasteiger partial charge in [-0.2, -0.15) is 13.2 Å². The highest BCUT2D eigenvalue weighted by Crippen LogP contribution is 2.34. The van der Waals surface area contributed by atoms with Crippen molar-refractivity contribution >= 4 is 5.57 Å². The fourth-order valence-electron chi connectivity index (χ4n) is 2.82. The zero-order valence-corrected chi connectivity index (χ0v) is 12.8. The van der Waals surface area contributed by atoms with E-state index in [1.807, 2.05) is 19.2 Å². The summed E-state index contributed by atoms with van der Waals surface area (Å²) in [5, 5.41) is 11.5. The lowest BCUT2D eigenvalue weighted by atomic mass is 9.91. The van der Waals surface area contributed by atoms with Gasteiger partial charge in [-0.15, -0.1) is 5.10 Å². The van der Waals surface area contributed by atoms with Crippen LogP contribution in [0.4, 0.5) is 13.2 Å². The molecule has 0 fully saturated rings. The second kappa shape index (κ2) is 5.81. The van der Waals surface area contributed by atoms with E-state index in [2.05, 4.69) is 15.6 Å². The van der Waals surface area contributed by atoms with E-state index < -0.39 is 11.7 Å². The van der Waals surface area contributed by atoms with Crippen molar-refractivity contribution in [3.8, 4) is 0 Å². The van der Waals surface area contributed by atoms with E-state index in [1.165, 1.54) is 12.1 Å². The van der Waals surface area contributed by atoms with Crippen LogP contribution in [0.25, 0.3) is 5.57 Å². The van der Waals surface area contributed by atoms with E-state index in [9.17, 15) is 13.2 Å². The first-order valence-corrected chi connectivity index (χ1v) is 7.33. The molecular weight excluding hydrogens is 305 g/mol. The van der Waals surface area contributed by atoms with E-state index in [4.69, 9.17) is 0 Å². The van der Waals surface area contributed by atoms with E-state index in [0.29, 0.717) is 6.42 Å². The van der Waals surface area contributed by atoms with Crippen LogP contribution in [0.3, 0.4) is 0 Å². The molecule has 7 heteroatoms. The van der Waals surface area contributed by atoms with E-state index in [0.717, 1.165) is 29.0 Å². The van der Waals surface area contributed by atoms with Gasteiger partial charge in [0.1, 0.15) is 0 Å². The lowest BCUT2D eigenvalue weighted by Crippen LogP contribution is -2.33. The van der Waals surface area contributed by atoms with Crippen LogP contribution in [0.15, 0.2) is 36.5 Å². The summed E-state index contributed by atoms with van der Waals surface area (Å²) in [7, 11) is 1.80. The van der Waals surface area contributed by atoms with Crippen LogP contribution in [0.2, 0.25) is 0 Å². The van der Waals surface area contributed by atoms with Gasteiger partial charge in [0, 0.05) is 19.3 Å². The number of benzene rings is 1. The standard InChI is InChI=1S/C16H17F3N4/c1-10-7-12(8-14(20-10)15-9-23(2)22-21-15)11-3-5-13(6-4-11)16(17,18)19/h3-7,9-10,14,20H,8H2,1-2H3/t10-,14-/m0/s1. The second-order valence-corrected chi connectivity index (χ2v) is 5.80. The Balaban J connectivity index is 1.84. The van der Waals surface area contributed by atoms with Crippen LogP contribution in [0, 0.1) is 0 Å². The third-order valence-electron chi connectivity index (χ3n) is 3.90. The number of hydrogen-bond acceptors (Lipinski definition) is 3. The van der Waals surface area contributed by atoms with Crippen molar-refractivity contribution in [2.75, 3.05) is 0 Å². The summed E-state index contributed by atoms with van der Waals surface area (Å²) in [6.07, 6.45) is 0.237. The maximum atomic E-state index is 12.7. The SMILES string of the molecule is C[C@H]1C=C(c2ccc(C(F)(F)F)cc2)C[C@@H](c2cn(C)nn2)N1. The van der Waals surface area contributed by atoms with Crippen LogP contribution in [0.5, 0.6) is 0 Å². The first-order chi connectivity index (χ1) is 10.8. The predicted octanol–water partition coefficient (Wildman–Crippen LogP) is 3.34. The van der Waals surface area contributed by atoms with Crippen LogP contribution in [-0.4, -0.2) is 21.0 Å². The lowest BCUT2D eigenvalue weighted by Gasteiger charge is -2.27. The number of nitrogens with zero attached hydrogens (tertiary/aromatic N) is 3. The topological polar surface area (TPSA) is 42.7 Å². The van der Waals surface area contributed by atoms with Gasteiger partial charge in [0.15, 0.2) is 0 Å². The Labute approximate surface area is 132 Å². The smallest absolute Gasteiger partial charge is 0.302 e. The predicted molar refractivity (Wildman–Crippen MR) is 80.4 cm³/mol. The summed E-state index contributed by atoms with van der Waals surface area (Å²) >= 11 is 0. The average Bonchev–Trinajstić information content (AvgIpc) is 2.92. The molecule has 0 radical (unpaired) electrons. The Morgan fingerprint density at radius 3 is 2.48 bits per heavy atom. The number of aromatic nitrogens is 3. The molecule has 122 valence electrons. The van der Waals surface area contributed by atoms with E-state index in [1.54, 1.807) is 11.7 Å². The lowest BCUT2D eigenvalue weighted by molar-refractivity contribution is -0.137. The number of halogens is 3. The molecule has 0 aliphatic carbocycles. The number of alkyl halides is 3. The van der Waals surface area contributed by atoms with E-state index in [-0.39, 0.29) is 12.1 Å². The van der Waals surface area contributed by atoms with Crippen LogP contribution < -0.4 is 5.32 Å². The van der Waals surface area contributed by atoms with Crippen LogP contribution in [0.1, 0.15) is 36.2 Å². The van der Waals surface area contributed by atoms with Gasteiger partial charge in [-0.1, -0.05) is 23.4 Å². The Bertz CT molecular complexity index is 716. The molecule has 0 saturated carbocycles. The van der Waals surface area contributed by atoms with Gasteiger partial charge in [-0.05, 0) is 36.6 Å². The number of rotatable bonds is 2. The van der Waals surface area contributed by atoms with Gasteiger partial charge in [-0.3, -0.25) is 4.68 Å². The Hall–Kier alpha value is -2.15. The van der Waals surface area contributed by atoms with Crippen molar-refractivity contribution < 1.29 is 13.2 Å². The zero-order valence-electron chi connectivity index (χ0n) is 12.8. The maximum absolute atomic E-state index is 12.7. The third-order valence-corrected chi connectivity index (χ3v) is 3.90. The summed E-state index contributed by atoms with van der Waals surface area (Å²) in [5.41, 5.74) is 2.02. The Morgan fingerprint density at radius 2 is 1.91 bits per heavy atom. The molecule has 0 bridgehead atoms. The quantitative estimate of drug-likeness (QED) is 0.922. The normalized spacial score (nSPS) is 22.0. The highest BCUT2D eigenvalue weighted by atomic mass is 19.4. The van der Waals surface area contributed by atoms with Gasteiger partial charge in [0.2, 0.25) is 0 Å². The minimum absolute atomic E-state index is 0.000919. The zero-order chi connectivity index (χ0) is 16.6. The highest BCUT2D eigenvalue weighted by molar-refractivity contribution is 5.68. The van der Waals surface area contributed by atoms with Crippen molar-refractivity contribution in [2.45, 2.75) is 31.6 Å². The first kappa shape index (κ1) is 15.7. The minimum Gasteiger partial charge on any atom is -0.302 e. The Morgan fingerprint density at radius 1 is 1.22 bits per heavy atom. The third kappa shape index (κ3) is 3.44. The van der Waals surface area contributed by atoms with Gasteiger partial charge < -0.3 is 5.32 Å². The molecule has 0 spiro atoms. The molecule has 1 aromatic carbocycles. The molecule has 1 N–H and O–H groups in total. The van der Waals surface area contributed by atoms with Crippen LogP contribution >= 0.6 is 0 Å². The highest BCUT2D eigenvalue weighted by Gasteiger charge is 2.30. The number of nitrogens with one attached hydrogen (secondary N) is 1. The minimum atomic E-state index is -4.31. The molecule has 2 heterocycles. The molecule has 0 unspecified atom stereocenters. The molecule has 2 aromatic rings. The average molecular weight is 322 g/mol. The molecule has 1 aliphatic rings. The van der Waals surface area contributed by atoms with Crippen molar-refractivity contribution in [3.05, 3.63) is 53.4 Å². The number of hydrogen-bond donors (Lipinski definition) is 1. The molecular formula is C16H17F3N4. The fourth-order valence-corrected chi connectivity index (χ4v) is 2.82.